The predicted octanol–water partition coefficient (Wildman–Crippen LogP) is 3.06. The van der Waals surface area contributed by atoms with Gasteiger partial charge in [0.1, 0.15) is 5.82 Å². The highest BCUT2D eigenvalue weighted by Crippen LogP contribution is 2.37. The van der Waals surface area contributed by atoms with Crippen molar-refractivity contribution >= 4 is 23.7 Å². The van der Waals surface area contributed by atoms with E-state index in [0.29, 0.717) is 24.4 Å². The summed E-state index contributed by atoms with van der Waals surface area (Å²) in [6.07, 6.45) is 4.46. The Hall–Kier alpha value is -1.76. The lowest BCUT2D eigenvalue weighted by molar-refractivity contribution is -0.130. The molecule has 2 heterocycles. The van der Waals surface area contributed by atoms with Crippen LogP contribution in [0.3, 0.4) is 0 Å². The highest BCUT2D eigenvalue weighted by atomic mass is 32.2. The van der Waals surface area contributed by atoms with Gasteiger partial charge in [-0.2, -0.15) is 0 Å². The third-order valence-electron chi connectivity index (χ3n) is 4.67. The molecule has 0 radical (unpaired) electrons. The Balaban J connectivity index is 1.49. The number of rotatable bonds is 4. The van der Waals surface area contributed by atoms with Crippen molar-refractivity contribution in [2.24, 2.45) is 0 Å². The predicted molar refractivity (Wildman–Crippen MR) is 96.1 cm³/mol. The third-order valence-corrected chi connectivity index (χ3v) is 5.83. The lowest BCUT2D eigenvalue weighted by Crippen LogP contribution is -2.43. The molecule has 7 heteroatoms. The van der Waals surface area contributed by atoms with Crippen LogP contribution in [-0.4, -0.2) is 42.2 Å². The zero-order chi connectivity index (χ0) is 17.6. The summed E-state index contributed by atoms with van der Waals surface area (Å²) >= 11 is 1.49. The molecule has 5 nitrogen and oxygen atoms in total. The van der Waals surface area contributed by atoms with E-state index in [1.165, 1.54) is 17.8 Å². The number of urea groups is 1. The van der Waals surface area contributed by atoms with Crippen molar-refractivity contribution in [3.8, 4) is 0 Å². The van der Waals surface area contributed by atoms with Crippen molar-refractivity contribution < 1.29 is 14.0 Å². The highest BCUT2D eigenvalue weighted by Gasteiger charge is 2.24. The van der Waals surface area contributed by atoms with E-state index in [9.17, 15) is 14.0 Å². The number of hydrogen-bond donors (Lipinski definition) is 2. The van der Waals surface area contributed by atoms with E-state index in [2.05, 4.69) is 10.6 Å². The monoisotopic (exact) mass is 365 g/mol. The molecule has 25 heavy (non-hydrogen) atoms. The van der Waals surface area contributed by atoms with Gasteiger partial charge in [-0.3, -0.25) is 4.79 Å². The first-order valence-electron chi connectivity index (χ1n) is 8.88. The SMILES string of the molecule is O=C(NCCN1CCCCCC1=O)NC1CCSc2c(F)cccc21. The Bertz CT molecular complexity index is 641. The average Bonchev–Trinajstić information content (AvgIpc) is 2.80. The molecule has 136 valence electrons. The number of carbonyl (C=O) groups is 2. The summed E-state index contributed by atoms with van der Waals surface area (Å²) in [4.78, 5) is 26.6. The van der Waals surface area contributed by atoms with E-state index < -0.39 is 0 Å². The van der Waals surface area contributed by atoms with E-state index >= 15 is 0 Å². The van der Waals surface area contributed by atoms with Crippen LogP contribution in [0, 0.1) is 5.82 Å². The second-order valence-electron chi connectivity index (χ2n) is 6.44. The Morgan fingerprint density at radius 2 is 2.20 bits per heavy atom. The Kier molecular flexibility index (Phi) is 6.18. The van der Waals surface area contributed by atoms with Crippen molar-refractivity contribution in [2.45, 2.75) is 43.0 Å². The lowest BCUT2D eigenvalue weighted by atomic mass is 10.0. The van der Waals surface area contributed by atoms with Crippen LogP contribution >= 0.6 is 11.8 Å². The molecule has 0 spiro atoms. The van der Waals surface area contributed by atoms with Gasteiger partial charge in [0.2, 0.25) is 5.91 Å². The van der Waals surface area contributed by atoms with Crippen LogP contribution in [0.15, 0.2) is 23.1 Å². The molecule has 1 unspecified atom stereocenters. The summed E-state index contributed by atoms with van der Waals surface area (Å²) in [5.74, 6) is 0.726. The van der Waals surface area contributed by atoms with Crippen molar-refractivity contribution in [2.75, 3.05) is 25.4 Å². The van der Waals surface area contributed by atoms with E-state index in [1.807, 2.05) is 11.0 Å². The first-order valence-corrected chi connectivity index (χ1v) is 9.87. The number of fused-ring (bicyclic) bond motifs is 1. The van der Waals surface area contributed by atoms with Crippen LogP contribution in [0.25, 0.3) is 0 Å². The van der Waals surface area contributed by atoms with Gasteiger partial charge in [0.05, 0.1) is 6.04 Å². The molecule has 2 aliphatic rings. The summed E-state index contributed by atoms with van der Waals surface area (Å²) < 4.78 is 13.9. The van der Waals surface area contributed by atoms with Crippen LogP contribution in [0.2, 0.25) is 0 Å². The number of halogens is 1. The number of nitrogens with one attached hydrogen (secondary N) is 2. The lowest BCUT2D eigenvalue weighted by Gasteiger charge is -2.26. The molecule has 3 rings (SSSR count). The molecular weight excluding hydrogens is 341 g/mol. The molecule has 0 aliphatic carbocycles. The molecule has 3 amide bonds. The van der Waals surface area contributed by atoms with E-state index in [4.69, 9.17) is 0 Å². The van der Waals surface area contributed by atoms with E-state index in [1.54, 1.807) is 6.07 Å². The standard InChI is InChI=1S/C18H24FN3O2S/c19-14-6-4-5-13-15(8-12-25-17(13)14)21-18(24)20-9-11-22-10-3-1-2-7-16(22)23/h4-6,15H,1-3,7-12H2,(H2,20,21,24). The van der Waals surface area contributed by atoms with E-state index in [-0.39, 0.29) is 23.8 Å². The van der Waals surface area contributed by atoms with Gasteiger partial charge in [0.25, 0.3) is 0 Å². The summed E-state index contributed by atoms with van der Waals surface area (Å²) in [5, 5.41) is 5.75. The fraction of sp³-hybridized carbons (Fsp3) is 0.556. The maximum Gasteiger partial charge on any atom is 0.315 e. The molecule has 0 aromatic heterocycles. The first-order chi connectivity index (χ1) is 12.1. The van der Waals surface area contributed by atoms with Gasteiger partial charge in [-0.1, -0.05) is 18.6 Å². The van der Waals surface area contributed by atoms with Crippen molar-refractivity contribution in [3.63, 3.8) is 0 Å². The zero-order valence-electron chi connectivity index (χ0n) is 14.2. The maximum atomic E-state index is 13.9. The number of thioether (sulfide) groups is 1. The van der Waals surface area contributed by atoms with Gasteiger partial charge < -0.3 is 15.5 Å². The molecule has 1 aromatic rings. The molecule has 1 fully saturated rings. The normalized spacial score (nSPS) is 20.6. The molecule has 0 bridgehead atoms. The zero-order valence-corrected chi connectivity index (χ0v) is 15.0. The van der Waals surface area contributed by atoms with Gasteiger partial charge in [0, 0.05) is 36.7 Å². The van der Waals surface area contributed by atoms with Gasteiger partial charge in [-0.25, -0.2) is 9.18 Å². The minimum atomic E-state index is -0.269. The summed E-state index contributed by atoms with van der Waals surface area (Å²) in [5.41, 5.74) is 0.842. The molecule has 2 aliphatic heterocycles. The van der Waals surface area contributed by atoms with Crippen LogP contribution in [0.1, 0.15) is 43.7 Å². The smallest absolute Gasteiger partial charge is 0.315 e. The second-order valence-corrected chi connectivity index (χ2v) is 7.54. The van der Waals surface area contributed by atoms with Crippen LogP contribution in [0.5, 0.6) is 0 Å². The van der Waals surface area contributed by atoms with Crippen LogP contribution in [-0.2, 0) is 4.79 Å². The fourth-order valence-electron chi connectivity index (χ4n) is 3.33. The third kappa shape index (κ3) is 4.66. The minimum absolute atomic E-state index is 0.174. The molecule has 1 saturated heterocycles. The van der Waals surface area contributed by atoms with Crippen LogP contribution in [0.4, 0.5) is 9.18 Å². The van der Waals surface area contributed by atoms with Crippen molar-refractivity contribution in [1.82, 2.24) is 15.5 Å². The molecule has 1 atom stereocenters. The summed E-state index contributed by atoms with van der Waals surface area (Å²) in [6, 6.07) is 4.55. The Morgan fingerprint density at radius 3 is 3.08 bits per heavy atom. The number of nitrogens with zero attached hydrogens (tertiary/aromatic N) is 1. The quantitative estimate of drug-likeness (QED) is 0.862. The summed E-state index contributed by atoms with van der Waals surface area (Å²) in [6.45, 7) is 1.74. The number of hydrogen-bond acceptors (Lipinski definition) is 3. The Labute approximate surface area is 151 Å². The molecular formula is C18H24FN3O2S. The Morgan fingerprint density at radius 1 is 1.32 bits per heavy atom. The average molecular weight is 365 g/mol. The highest BCUT2D eigenvalue weighted by molar-refractivity contribution is 7.99. The topological polar surface area (TPSA) is 61.4 Å². The van der Waals surface area contributed by atoms with Gasteiger partial charge in [-0.05, 0) is 30.9 Å². The van der Waals surface area contributed by atoms with Crippen molar-refractivity contribution in [3.05, 3.63) is 29.6 Å². The minimum Gasteiger partial charge on any atom is -0.341 e. The molecule has 2 N–H and O–H groups in total. The van der Waals surface area contributed by atoms with Crippen LogP contribution < -0.4 is 10.6 Å². The number of amides is 3. The summed E-state index contributed by atoms with van der Waals surface area (Å²) in [7, 11) is 0. The van der Waals surface area contributed by atoms with E-state index in [0.717, 1.165) is 43.5 Å². The first kappa shape index (κ1) is 18.0. The second kappa shape index (κ2) is 8.56. The van der Waals surface area contributed by atoms with Gasteiger partial charge in [-0.15, -0.1) is 11.8 Å². The maximum absolute atomic E-state index is 13.9. The number of likely N-dealkylation sites (tertiary alicyclic amines) is 1. The fourth-order valence-corrected chi connectivity index (χ4v) is 4.47. The van der Waals surface area contributed by atoms with Gasteiger partial charge in [0.15, 0.2) is 0 Å². The molecule has 0 saturated carbocycles. The largest absolute Gasteiger partial charge is 0.341 e. The van der Waals surface area contributed by atoms with Crippen molar-refractivity contribution in [1.29, 1.82) is 0 Å². The van der Waals surface area contributed by atoms with Gasteiger partial charge >= 0.3 is 6.03 Å². The number of carbonyl (C=O) groups excluding carboxylic acids is 2. The molecule has 1 aromatic carbocycles. The number of benzene rings is 1.